The Morgan fingerprint density at radius 2 is 1.00 bits per heavy atom. The minimum atomic E-state index is -3.63. The van der Waals surface area contributed by atoms with E-state index in [0.717, 1.165) is 0 Å². The molecule has 0 aliphatic carbocycles. The van der Waals surface area contributed by atoms with Crippen LogP contribution < -0.4 is 0 Å². The average Bonchev–Trinajstić information content (AvgIpc) is 1.55. The summed E-state index contributed by atoms with van der Waals surface area (Å²) in [6, 6.07) is 0. The first-order valence-electron chi connectivity index (χ1n) is 3.99. The molecule has 4 heteroatoms. The Kier molecular flexibility index (Phi) is 2.95. The summed E-state index contributed by atoms with van der Waals surface area (Å²) in [6.07, 6.45) is 0. The molecular formula is C8H19Cl2OP. The van der Waals surface area contributed by atoms with Crippen LogP contribution in [0.1, 0.15) is 41.5 Å². The van der Waals surface area contributed by atoms with Crippen LogP contribution in [0, 0.1) is 0 Å². The molecule has 0 rings (SSSR count). The Morgan fingerprint density at radius 3 is 1.00 bits per heavy atom. The topological polar surface area (TPSA) is 20.2 Å². The molecule has 0 radical (unpaired) electrons. The van der Waals surface area contributed by atoms with Gasteiger partial charge < -0.3 is 0 Å². The SMILES string of the molecule is CC(C)(C)P(O)(Cl)(Cl)C(C)(C)C. The van der Waals surface area contributed by atoms with Gasteiger partial charge in [0.2, 0.25) is 0 Å². The van der Waals surface area contributed by atoms with Crippen LogP contribution >= 0.6 is 28.0 Å². The Morgan fingerprint density at radius 1 is 0.833 bits per heavy atom. The molecule has 12 heavy (non-hydrogen) atoms. The zero-order valence-corrected chi connectivity index (χ0v) is 11.1. The van der Waals surface area contributed by atoms with Crippen LogP contribution in [0.15, 0.2) is 0 Å². The van der Waals surface area contributed by atoms with E-state index in [4.69, 9.17) is 22.5 Å². The van der Waals surface area contributed by atoms with E-state index >= 15 is 0 Å². The van der Waals surface area contributed by atoms with Crippen molar-refractivity contribution in [1.82, 2.24) is 0 Å². The maximum atomic E-state index is 10.3. The second kappa shape index (κ2) is 2.73. The summed E-state index contributed by atoms with van der Waals surface area (Å²) in [5.74, 6) is 0. The normalized spacial score (nSPS) is 18.6. The van der Waals surface area contributed by atoms with Gasteiger partial charge in [-0.05, 0) is 0 Å². The monoisotopic (exact) mass is 232 g/mol. The van der Waals surface area contributed by atoms with E-state index in [0.29, 0.717) is 0 Å². The van der Waals surface area contributed by atoms with E-state index in [1.54, 1.807) is 0 Å². The van der Waals surface area contributed by atoms with Crippen molar-refractivity contribution >= 4 is 28.0 Å². The van der Waals surface area contributed by atoms with Crippen LogP contribution in [0.5, 0.6) is 0 Å². The van der Waals surface area contributed by atoms with Gasteiger partial charge in [0.05, 0.1) is 0 Å². The third-order valence-corrected chi connectivity index (χ3v) is 12.9. The molecule has 0 saturated carbocycles. The molecule has 1 nitrogen and oxygen atoms in total. The molecule has 0 aromatic heterocycles. The van der Waals surface area contributed by atoms with Gasteiger partial charge in [0.1, 0.15) is 0 Å². The van der Waals surface area contributed by atoms with Crippen LogP contribution in [0.3, 0.4) is 0 Å². The van der Waals surface area contributed by atoms with E-state index < -0.39 is 15.8 Å². The Hall–Kier alpha value is 0.970. The van der Waals surface area contributed by atoms with E-state index in [1.807, 2.05) is 41.5 Å². The predicted molar refractivity (Wildman–Crippen MR) is 60.4 cm³/mol. The molecule has 0 atom stereocenters. The van der Waals surface area contributed by atoms with Gasteiger partial charge in [-0.2, -0.15) is 0 Å². The van der Waals surface area contributed by atoms with Gasteiger partial charge in [-0.3, -0.25) is 0 Å². The number of hydrogen-bond acceptors (Lipinski definition) is 1. The van der Waals surface area contributed by atoms with Crippen LogP contribution in [-0.2, 0) is 0 Å². The maximum absolute atomic E-state index is 10.3. The molecule has 0 heterocycles. The quantitative estimate of drug-likeness (QED) is 0.616. The summed E-state index contributed by atoms with van der Waals surface area (Å²) in [7, 11) is 0. The third kappa shape index (κ3) is 1.75. The van der Waals surface area contributed by atoms with Gasteiger partial charge in [-0.25, -0.2) is 0 Å². The zero-order chi connectivity index (χ0) is 10.4. The first-order chi connectivity index (χ1) is 4.79. The summed E-state index contributed by atoms with van der Waals surface area (Å²) in [4.78, 5) is 10.3. The zero-order valence-electron chi connectivity index (χ0n) is 8.65. The summed E-state index contributed by atoms with van der Waals surface area (Å²) >= 11 is 12.4. The fourth-order valence-corrected chi connectivity index (χ4v) is 3.02. The molecule has 0 aromatic rings. The molecule has 0 amide bonds. The summed E-state index contributed by atoms with van der Waals surface area (Å²) < 4.78 is 0. The van der Waals surface area contributed by atoms with Gasteiger partial charge in [0.15, 0.2) is 0 Å². The second-order valence-electron chi connectivity index (χ2n) is 5.21. The van der Waals surface area contributed by atoms with Gasteiger partial charge in [-0.15, -0.1) is 0 Å². The first kappa shape index (κ1) is 13.0. The van der Waals surface area contributed by atoms with E-state index in [2.05, 4.69) is 0 Å². The van der Waals surface area contributed by atoms with Gasteiger partial charge in [0, 0.05) is 0 Å². The van der Waals surface area contributed by atoms with Crippen LogP contribution in [0.2, 0.25) is 0 Å². The van der Waals surface area contributed by atoms with Crippen molar-refractivity contribution in [2.24, 2.45) is 0 Å². The van der Waals surface area contributed by atoms with Crippen LogP contribution in [-0.4, -0.2) is 15.2 Å². The van der Waals surface area contributed by atoms with E-state index in [-0.39, 0.29) is 0 Å². The molecule has 0 aromatic carbocycles. The summed E-state index contributed by atoms with van der Waals surface area (Å²) in [5, 5.41) is -0.931. The van der Waals surface area contributed by atoms with Crippen molar-refractivity contribution in [2.75, 3.05) is 0 Å². The molecule has 0 bridgehead atoms. The molecule has 0 aliphatic heterocycles. The predicted octanol–water partition coefficient (Wildman–Crippen LogP) is 4.35. The molecule has 0 fully saturated rings. The number of halogens is 2. The first-order valence-corrected chi connectivity index (χ1v) is 7.98. The van der Waals surface area contributed by atoms with Crippen LogP contribution in [0.25, 0.3) is 0 Å². The van der Waals surface area contributed by atoms with Gasteiger partial charge in [0.25, 0.3) is 0 Å². The third-order valence-electron chi connectivity index (χ3n) is 2.29. The Bertz CT molecular complexity index is 162. The van der Waals surface area contributed by atoms with Crippen molar-refractivity contribution in [3.05, 3.63) is 0 Å². The molecule has 76 valence electrons. The van der Waals surface area contributed by atoms with Crippen molar-refractivity contribution < 1.29 is 4.89 Å². The second-order valence-corrected chi connectivity index (χ2v) is 14.1. The van der Waals surface area contributed by atoms with Crippen molar-refractivity contribution in [1.29, 1.82) is 0 Å². The summed E-state index contributed by atoms with van der Waals surface area (Å²) in [5.41, 5.74) is -3.63. The van der Waals surface area contributed by atoms with Gasteiger partial charge in [-0.1, -0.05) is 0 Å². The minimum absolute atomic E-state index is 0.465. The Labute approximate surface area is 85.0 Å². The molecule has 1 N–H and O–H groups in total. The van der Waals surface area contributed by atoms with Crippen LogP contribution in [0.4, 0.5) is 0 Å². The standard InChI is InChI=1S/C8H19Cl2OP/c1-7(2,3)12(9,10,11)8(4,5)6/h11H,1-6H3. The van der Waals surface area contributed by atoms with Gasteiger partial charge >= 0.3 is 84.8 Å². The molecule has 0 unspecified atom stereocenters. The summed E-state index contributed by atoms with van der Waals surface area (Å²) in [6.45, 7) is 11.2. The number of hydrogen-bond donors (Lipinski definition) is 1. The number of rotatable bonds is 0. The molecule has 0 saturated heterocycles. The molecule has 0 aliphatic rings. The van der Waals surface area contributed by atoms with Crippen molar-refractivity contribution in [3.63, 3.8) is 0 Å². The fraction of sp³-hybridized carbons (Fsp3) is 1.00. The van der Waals surface area contributed by atoms with E-state index in [1.165, 1.54) is 0 Å². The van der Waals surface area contributed by atoms with E-state index in [9.17, 15) is 4.89 Å². The average molecular weight is 233 g/mol. The van der Waals surface area contributed by atoms with Crippen molar-refractivity contribution in [2.45, 2.75) is 51.9 Å². The molecular weight excluding hydrogens is 214 g/mol. The molecule has 0 spiro atoms. The Balaban J connectivity index is 5.29. The fourth-order valence-electron chi connectivity index (χ4n) is 1.01. The van der Waals surface area contributed by atoms with Crippen molar-refractivity contribution in [3.8, 4) is 0 Å².